The van der Waals surface area contributed by atoms with Gasteiger partial charge in [-0.2, -0.15) is 0 Å². The zero-order chi connectivity index (χ0) is 19.3. The first-order valence-electron chi connectivity index (χ1n) is 8.77. The van der Waals surface area contributed by atoms with E-state index in [0.717, 1.165) is 0 Å². The number of nitrogens with one attached hydrogen (secondary N) is 1. The molecule has 0 saturated carbocycles. The minimum atomic E-state index is -0.487. The molecule has 2 amide bonds. The van der Waals surface area contributed by atoms with E-state index in [4.69, 9.17) is 5.73 Å². The zero-order valence-corrected chi connectivity index (χ0v) is 15.8. The van der Waals surface area contributed by atoms with Crippen molar-refractivity contribution in [3.05, 3.63) is 65.2 Å². The summed E-state index contributed by atoms with van der Waals surface area (Å²) < 4.78 is 0. The summed E-state index contributed by atoms with van der Waals surface area (Å²) in [6.07, 6.45) is 0. The first kappa shape index (κ1) is 19.7. The van der Waals surface area contributed by atoms with Crippen molar-refractivity contribution in [2.45, 2.75) is 39.3 Å². The van der Waals surface area contributed by atoms with Gasteiger partial charge in [-0.15, -0.1) is 0 Å². The van der Waals surface area contributed by atoms with Gasteiger partial charge in [-0.1, -0.05) is 38.1 Å². The van der Waals surface area contributed by atoms with Gasteiger partial charge in [0.05, 0.1) is 6.04 Å². The summed E-state index contributed by atoms with van der Waals surface area (Å²) in [5, 5.41) is 2.87. The molecule has 0 aliphatic carbocycles. The van der Waals surface area contributed by atoms with Crippen LogP contribution in [0.4, 0.5) is 5.69 Å². The number of carbonyl (C=O) groups is 2. The van der Waals surface area contributed by atoms with E-state index in [1.807, 2.05) is 18.9 Å². The lowest BCUT2D eigenvalue weighted by atomic mass is 10.0. The largest absolute Gasteiger partial charge is 0.366 e. The molecular formula is C21H27N3O2. The van der Waals surface area contributed by atoms with Crippen molar-refractivity contribution in [3.63, 3.8) is 0 Å². The highest BCUT2D eigenvalue weighted by Gasteiger charge is 2.18. The van der Waals surface area contributed by atoms with Crippen LogP contribution in [0.5, 0.6) is 0 Å². The van der Waals surface area contributed by atoms with Gasteiger partial charge in [0.25, 0.3) is 0 Å². The SMILES string of the molecule is CC(C)c1ccc(CN(C)[C@H](C)C(=O)Nc2ccc(C(N)=O)cc2)cc1. The van der Waals surface area contributed by atoms with Crippen molar-refractivity contribution >= 4 is 17.5 Å². The van der Waals surface area contributed by atoms with Crippen LogP contribution in [0.15, 0.2) is 48.5 Å². The minimum Gasteiger partial charge on any atom is -0.366 e. The highest BCUT2D eigenvalue weighted by Crippen LogP contribution is 2.16. The maximum Gasteiger partial charge on any atom is 0.248 e. The summed E-state index contributed by atoms with van der Waals surface area (Å²) in [7, 11) is 1.93. The Labute approximate surface area is 155 Å². The molecule has 26 heavy (non-hydrogen) atoms. The number of amides is 2. The average molecular weight is 353 g/mol. The number of primary amides is 1. The summed E-state index contributed by atoms with van der Waals surface area (Å²) in [5.74, 6) is -0.0787. The molecule has 138 valence electrons. The normalized spacial score (nSPS) is 12.2. The van der Waals surface area contributed by atoms with Gasteiger partial charge in [0.1, 0.15) is 0 Å². The van der Waals surface area contributed by atoms with Crippen LogP contribution in [0.25, 0.3) is 0 Å². The average Bonchev–Trinajstić information content (AvgIpc) is 2.61. The second kappa shape index (κ2) is 8.63. The molecule has 0 aliphatic rings. The molecule has 3 N–H and O–H groups in total. The molecule has 0 aromatic heterocycles. The summed E-state index contributed by atoms with van der Waals surface area (Å²) in [5.41, 5.74) is 8.75. The van der Waals surface area contributed by atoms with Crippen molar-refractivity contribution in [2.24, 2.45) is 5.73 Å². The molecule has 0 aliphatic heterocycles. The Bertz CT molecular complexity index is 752. The lowest BCUT2D eigenvalue weighted by Gasteiger charge is -2.24. The van der Waals surface area contributed by atoms with Gasteiger partial charge in [0.2, 0.25) is 11.8 Å². The third-order valence-electron chi connectivity index (χ3n) is 4.56. The van der Waals surface area contributed by atoms with E-state index in [9.17, 15) is 9.59 Å². The lowest BCUT2D eigenvalue weighted by molar-refractivity contribution is -0.120. The van der Waals surface area contributed by atoms with Crippen molar-refractivity contribution in [2.75, 3.05) is 12.4 Å². The topological polar surface area (TPSA) is 75.4 Å². The van der Waals surface area contributed by atoms with Gasteiger partial charge in [-0.3, -0.25) is 14.5 Å². The fourth-order valence-corrected chi connectivity index (χ4v) is 2.60. The van der Waals surface area contributed by atoms with E-state index < -0.39 is 5.91 Å². The summed E-state index contributed by atoms with van der Waals surface area (Å²) >= 11 is 0. The van der Waals surface area contributed by atoms with E-state index in [2.05, 4.69) is 43.4 Å². The van der Waals surface area contributed by atoms with Crippen molar-refractivity contribution < 1.29 is 9.59 Å². The van der Waals surface area contributed by atoms with E-state index in [-0.39, 0.29) is 11.9 Å². The second-order valence-corrected chi connectivity index (χ2v) is 6.92. The number of nitrogens with two attached hydrogens (primary N) is 1. The monoisotopic (exact) mass is 353 g/mol. The van der Waals surface area contributed by atoms with Gasteiger partial charge in [-0.25, -0.2) is 0 Å². The van der Waals surface area contributed by atoms with Crippen LogP contribution in [0.1, 0.15) is 48.2 Å². The molecule has 0 bridgehead atoms. The van der Waals surface area contributed by atoms with Gasteiger partial charge < -0.3 is 11.1 Å². The standard InChI is InChI=1S/C21H27N3O2/c1-14(2)17-7-5-16(6-8-17)13-24(4)15(3)21(26)23-19-11-9-18(10-12-19)20(22)25/h5-12,14-15H,13H2,1-4H3,(H2,22,25)(H,23,26)/t15-/m1/s1. The summed E-state index contributed by atoms with van der Waals surface area (Å²) in [6, 6.07) is 14.8. The smallest absolute Gasteiger partial charge is 0.248 e. The van der Waals surface area contributed by atoms with Gasteiger partial charge in [-0.05, 0) is 55.3 Å². The lowest BCUT2D eigenvalue weighted by Crippen LogP contribution is -2.39. The number of benzene rings is 2. The number of hydrogen-bond donors (Lipinski definition) is 2. The van der Waals surface area contributed by atoms with E-state index in [0.29, 0.717) is 23.7 Å². The van der Waals surface area contributed by atoms with Crippen LogP contribution in [0.2, 0.25) is 0 Å². The van der Waals surface area contributed by atoms with E-state index >= 15 is 0 Å². The first-order valence-corrected chi connectivity index (χ1v) is 8.77. The van der Waals surface area contributed by atoms with Gasteiger partial charge >= 0.3 is 0 Å². The molecule has 1 atom stereocenters. The predicted molar refractivity (Wildman–Crippen MR) is 105 cm³/mol. The Balaban J connectivity index is 1.94. The van der Waals surface area contributed by atoms with Crippen molar-refractivity contribution in [1.29, 1.82) is 0 Å². The minimum absolute atomic E-state index is 0.0990. The highest BCUT2D eigenvalue weighted by atomic mass is 16.2. The first-order chi connectivity index (χ1) is 12.3. The Hall–Kier alpha value is -2.66. The number of carbonyl (C=O) groups excluding carboxylic acids is 2. The number of likely N-dealkylation sites (N-methyl/N-ethyl adjacent to an activating group) is 1. The predicted octanol–water partition coefficient (Wildman–Crippen LogP) is 3.37. The van der Waals surface area contributed by atoms with Gasteiger partial charge in [0.15, 0.2) is 0 Å². The fraction of sp³-hybridized carbons (Fsp3) is 0.333. The zero-order valence-electron chi connectivity index (χ0n) is 15.8. The highest BCUT2D eigenvalue weighted by molar-refractivity contribution is 5.96. The van der Waals surface area contributed by atoms with Crippen molar-refractivity contribution in [1.82, 2.24) is 4.90 Å². The van der Waals surface area contributed by atoms with Crippen LogP contribution in [0, 0.1) is 0 Å². The maximum atomic E-state index is 12.5. The molecule has 2 aromatic carbocycles. The molecule has 5 nitrogen and oxygen atoms in total. The Morgan fingerprint density at radius 3 is 2.08 bits per heavy atom. The molecule has 0 spiro atoms. The van der Waals surface area contributed by atoms with E-state index in [1.54, 1.807) is 24.3 Å². The third kappa shape index (κ3) is 5.17. The van der Waals surface area contributed by atoms with Crippen LogP contribution < -0.4 is 11.1 Å². The molecule has 5 heteroatoms. The van der Waals surface area contributed by atoms with Crippen molar-refractivity contribution in [3.8, 4) is 0 Å². The fourth-order valence-electron chi connectivity index (χ4n) is 2.60. The molecule has 0 fully saturated rings. The molecule has 2 rings (SSSR count). The molecule has 0 radical (unpaired) electrons. The van der Waals surface area contributed by atoms with E-state index in [1.165, 1.54) is 11.1 Å². The van der Waals surface area contributed by atoms with Crippen LogP contribution in [-0.4, -0.2) is 29.8 Å². The molecule has 0 saturated heterocycles. The Kier molecular flexibility index (Phi) is 6.52. The number of anilines is 1. The summed E-state index contributed by atoms with van der Waals surface area (Å²) in [4.78, 5) is 25.6. The number of hydrogen-bond acceptors (Lipinski definition) is 3. The van der Waals surface area contributed by atoms with Crippen LogP contribution in [0.3, 0.4) is 0 Å². The molecule has 0 unspecified atom stereocenters. The molecule has 2 aromatic rings. The summed E-state index contributed by atoms with van der Waals surface area (Å²) in [6.45, 7) is 6.90. The third-order valence-corrected chi connectivity index (χ3v) is 4.56. The van der Waals surface area contributed by atoms with Crippen LogP contribution in [-0.2, 0) is 11.3 Å². The number of nitrogens with zero attached hydrogens (tertiary/aromatic N) is 1. The number of rotatable bonds is 7. The second-order valence-electron chi connectivity index (χ2n) is 6.92. The molecule has 0 heterocycles. The quantitative estimate of drug-likeness (QED) is 0.801. The Morgan fingerprint density at radius 2 is 1.58 bits per heavy atom. The maximum absolute atomic E-state index is 12.5. The molecular weight excluding hydrogens is 326 g/mol. The van der Waals surface area contributed by atoms with Crippen LogP contribution >= 0.6 is 0 Å². The van der Waals surface area contributed by atoms with Gasteiger partial charge in [0, 0.05) is 17.8 Å². The Morgan fingerprint density at radius 1 is 1.00 bits per heavy atom.